The molecular weight excluding hydrogens is 478 g/mol. The van der Waals surface area contributed by atoms with Gasteiger partial charge in [-0.25, -0.2) is 0 Å². The third kappa shape index (κ3) is 4.53. The summed E-state index contributed by atoms with van der Waals surface area (Å²) in [5, 5.41) is 32.6. The Kier molecular flexibility index (Phi) is 6.14. The van der Waals surface area contributed by atoms with Gasteiger partial charge in [-0.3, -0.25) is 14.5 Å². The number of carbonyl (C=O) groups excluding carboxylic acids is 1. The van der Waals surface area contributed by atoms with Gasteiger partial charge in [0.05, 0.1) is 28.5 Å². The molecule has 0 saturated heterocycles. The fourth-order valence-corrected chi connectivity index (χ4v) is 5.80. The Labute approximate surface area is 221 Å². The molecule has 4 aromatic rings. The third-order valence-electron chi connectivity index (χ3n) is 8.18. The molecule has 0 atom stereocenters. The zero-order chi connectivity index (χ0) is 26.4. The van der Waals surface area contributed by atoms with Gasteiger partial charge in [0.2, 0.25) is 0 Å². The van der Waals surface area contributed by atoms with Gasteiger partial charge in [0.1, 0.15) is 0 Å². The first-order chi connectivity index (χ1) is 18.3. The van der Waals surface area contributed by atoms with E-state index >= 15 is 0 Å². The van der Waals surface area contributed by atoms with Crippen LogP contribution in [0.15, 0.2) is 60.9 Å². The normalized spacial score (nSPS) is 21.6. The predicted octanol–water partition coefficient (Wildman–Crippen LogP) is 5.36. The van der Waals surface area contributed by atoms with Crippen LogP contribution in [0.3, 0.4) is 0 Å². The second-order valence-corrected chi connectivity index (χ2v) is 11.1. The Bertz CT molecular complexity index is 1480. The number of hydrogen-bond donors (Lipinski definition) is 2. The number of anilines is 1. The molecule has 2 fully saturated rings. The van der Waals surface area contributed by atoms with Crippen LogP contribution in [0.5, 0.6) is 0 Å². The minimum absolute atomic E-state index is 0.00780. The largest absolute Gasteiger partial charge is 0.618 e. The zero-order valence-corrected chi connectivity index (χ0v) is 21.8. The van der Waals surface area contributed by atoms with E-state index in [1.807, 2.05) is 55.1 Å². The van der Waals surface area contributed by atoms with Crippen LogP contribution in [0.4, 0.5) is 5.69 Å². The van der Waals surface area contributed by atoms with Gasteiger partial charge in [0.25, 0.3) is 5.69 Å². The standard InChI is InChI=1S/C30H33N5O3/c1-19(2)27-7-5-8-28(35(27)38)29(36)32-26-16-20-18-34(22-11-13-30(37,14-12-22)21-9-10-21)33-25(20)17-23(26)24-6-3-4-15-31-24/h3-8,15-19,21-22,37H,9-14H2,1-2H3,(H,32,36). The summed E-state index contributed by atoms with van der Waals surface area (Å²) in [7, 11) is 0. The Morgan fingerprint density at radius 3 is 2.61 bits per heavy atom. The van der Waals surface area contributed by atoms with Crippen LogP contribution >= 0.6 is 0 Å². The van der Waals surface area contributed by atoms with Crippen molar-refractivity contribution in [2.75, 3.05) is 5.32 Å². The minimum atomic E-state index is -0.502. The fourth-order valence-electron chi connectivity index (χ4n) is 5.80. The lowest BCUT2D eigenvalue weighted by molar-refractivity contribution is -0.617. The molecule has 6 rings (SSSR count). The summed E-state index contributed by atoms with van der Waals surface area (Å²) in [5.41, 5.74) is 2.91. The second kappa shape index (κ2) is 9.51. The van der Waals surface area contributed by atoms with Crippen molar-refractivity contribution in [3.05, 3.63) is 77.5 Å². The van der Waals surface area contributed by atoms with E-state index in [9.17, 15) is 15.1 Å². The first-order valence-corrected chi connectivity index (χ1v) is 13.5. The average molecular weight is 512 g/mol. The molecule has 0 bridgehead atoms. The summed E-state index contributed by atoms with van der Waals surface area (Å²) in [5.74, 6) is -0.00841. The molecule has 196 valence electrons. The highest BCUT2D eigenvalue weighted by atomic mass is 16.5. The van der Waals surface area contributed by atoms with Crippen LogP contribution in [-0.4, -0.2) is 31.4 Å². The highest BCUT2D eigenvalue weighted by Crippen LogP contribution is 2.49. The molecule has 0 spiro atoms. The molecule has 0 aliphatic heterocycles. The molecule has 2 N–H and O–H groups in total. The maximum atomic E-state index is 13.3. The van der Waals surface area contributed by atoms with Gasteiger partial charge in [-0.15, -0.1) is 0 Å². The van der Waals surface area contributed by atoms with Crippen LogP contribution in [0.1, 0.15) is 80.5 Å². The van der Waals surface area contributed by atoms with Gasteiger partial charge in [-0.1, -0.05) is 19.9 Å². The molecule has 1 amide bonds. The predicted molar refractivity (Wildman–Crippen MR) is 146 cm³/mol. The number of pyridine rings is 2. The summed E-state index contributed by atoms with van der Waals surface area (Å²) >= 11 is 0. The molecule has 2 saturated carbocycles. The Hall–Kier alpha value is -3.78. The topological polar surface area (TPSA) is 107 Å². The summed E-state index contributed by atoms with van der Waals surface area (Å²) in [6.07, 6.45) is 9.43. The molecule has 0 unspecified atom stereocenters. The SMILES string of the molecule is CC(C)c1cccc(C(=O)Nc2cc3cn(C4CCC(O)(C5CC5)CC4)nc3cc2-c2ccccn2)[n+]1[O-]. The van der Waals surface area contributed by atoms with Crippen molar-refractivity contribution in [2.24, 2.45) is 5.92 Å². The average Bonchev–Trinajstić information content (AvgIpc) is 3.70. The monoisotopic (exact) mass is 511 g/mol. The van der Waals surface area contributed by atoms with E-state index in [2.05, 4.69) is 10.3 Å². The van der Waals surface area contributed by atoms with Crippen LogP contribution in [0.25, 0.3) is 22.2 Å². The zero-order valence-electron chi connectivity index (χ0n) is 21.8. The third-order valence-corrected chi connectivity index (χ3v) is 8.18. The van der Waals surface area contributed by atoms with Gasteiger partial charge in [0.15, 0.2) is 5.69 Å². The van der Waals surface area contributed by atoms with Crippen LogP contribution in [-0.2, 0) is 0 Å². The second-order valence-electron chi connectivity index (χ2n) is 11.1. The fraction of sp³-hybridized carbons (Fsp3) is 0.400. The molecule has 3 aromatic heterocycles. The molecule has 8 nitrogen and oxygen atoms in total. The molecule has 3 heterocycles. The minimum Gasteiger partial charge on any atom is -0.618 e. The van der Waals surface area contributed by atoms with Crippen molar-refractivity contribution >= 4 is 22.5 Å². The van der Waals surface area contributed by atoms with E-state index in [0.29, 0.717) is 27.7 Å². The van der Waals surface area contributed by atoms with Crippen molar-refractivity contribution in [2.45, 2.75) is 69.9 Å². The first kappa shape index (κ1) is 24.6. The number of aromatic nitrogens is 4. The number of carbonyl (C=O) groups is 1. The number of nitrogens with zero attached hydrogens (tertiary/aromatic N) is 4. The van der Waals surface area contributed by atoms with E-state index in [1.54, 1.807) is 18.3 Å². The highest BCUT2D eigenvalue weighted by molar-refractivity contribution is 6.06. The number of rotatable bonds is 6. The van der Waals surface area contributed by atoms with Gasteiger partial charge in [0, 0.05) is 41.4 Å². The lowest BCUT2D eigenvalue weighted by Crippen LogP contribution is -2.41. The Balaban J connectivity index is 1.34. The molecular formula is C30H33N5O3. The molecule has 1 aromatic carbocycles. The van der Waals surface area contributed by atoms with Crippen molar-refractivity contribution in [1.82, 2.24) is 14.8 Å². The van der Waals surface area contributed by atoms with E-state index in [1.165, 1.54) is 6.07 Å². The lowest BCUT2D eigenvalue weighted by atomic mass is 9.79. The number of benzene rings is 1. The molecule has 38 heavy (non-hydrogen) atoms. The van der Waals surface area contributed by atoms with Crippen molar-refractivity contribution < 1.29 is 14.6 Å². The Morgan fingerprint density at radius 1 is 1.13 bits per heavy atom. The highest BCUT2D eigenvalue weighted by Gasteiger charge is 2.45. The lowest BCUT2D eigenvalue weighted by Gasteiger charge is -2.36. The summed E-state index contributed by atoms with van der Waals surface area (Å²) in [6, 6.07) is 14.7. The smallest absolute Gasteiger partial charge is 0.321 e. The number of nitrogens with one attached hydrogen (secondary N) is 1. The maximum Gasteiger partial charge on any atom is 0.321 e. The molecule has 0 radical (unpaired) electrons. The summed E-state index contributed by atoms with van der Waals surface area (Å²) in [4.78, 5) is 17.8. The van der Waals surface area contributed by atoms with E-state index in [4.69, 9.17) is 5.10 Å². The van der Waals surface area contributed by atoms with Crippen LogP contribution < -0.4 is 10.0 Å². The first-order valence-electron chi connectivity index (χ1n) is 13.5. The number of hydrogen-bond acceptors (Lipinski definition) is 5. The van der Waals surface area contributed by atoms with Crippen LogP contribution in [0, 0.1) is 11.1 Å². The van der Waals surface area contributed by atoms with E-state index in [-0.39, 0.29) is 17.7 Å². The Morgan fingerprint density at radius 2 is 1.92 bits per heavy atom. The van der Waals surface area contributed by atoms with Gasteiger partial charge >= 0.3 is 5.91 Å². The van der Waals surface area contributed by atoms with Crippen molar-refractivity contribution in [1.29, 1.82) is 0 Å². The van der Waals surface area contributed by atoms with Gasteiger partial charge < -0.3 is 15.6 Å². The molecule has 2 aliphatic carbocycles. The molecule has 2 aliphatic rings. The van der Waals surface area contributed by atoms with E-state index in [0.717, 1.165) is 55.0 Å². The number of aliphatic hydroxyl groups is 1. The van der Waals surface area contributed by atoms with Crippen molar-refractivity contribution in [3.8, 4) is 11.3 Å². The van der Waals surface area contributed by atoms with Gasteiger partial charge in [-0.2, -0.15) is 9.83 Å². The quantitative estimate of drug-likeness (QED) is 0.268. The maximum absolute atomic E-state index is 13.3. The summed E-state index contributed by atoms with van der Waals surface area (Å²) in [6.45, 7) is 3.85. The van der Waals surface area contributed by atoms with Crippen LogP contribution in [0.2, 0.25) is 0 Å². The molecule has 8 heteroatoms. The van der Waals surface area contributed by atoms with E-state index < -0.39 is 11.5 Å². The number of fused-ring (bicyclic) bond motifs is 1. The number of amides is 1. The van der Waals surface area contributed by atoms with Crippen molar-refractivity contribution in [3.63, 3.8) is 0 Å². The van der Waals surface area contributed by atoms with Gasteiger partial charge in [-0.05, 0) is 74.8 Å². The summed E-state index contributed by atoms with van der Waals surface area (Å²) < 4.78 is 2.73.